The van der Waals surface area contributed by atoms with Crippen molar-refractivity contribution < 1.29 is 23.8 Å². The van der Waals surface area contributed by atoms with E-state index in [1.54, 1.807) is 27.7 Å². The van der Waals surface area contributed by atoms with E-state index in [2.05, 4.69) is 10.6 Å². The third kappa shape index (κ3) is 8.65. The maximum absolute atomic E-state index is 11.5. The van der Waals surface area contributed by atoms with Gasteiger partial charge in [-0.1, -0.05) is 0 Å². The summed E-state index contributed by atoms with van der Waals surface area (Å²) in [7, 11) is 0. The second-order valence-electron chi connectivity index (χ2n) is 6.56. The van der Waals surface area contributed by atoms with Crippen LogP contribution in [0.4, 0.5) is 11.4 Å². The number of allylic oxidation sites excluding steroid dienone is 2. The van der Waals surface area contributed by atoms with E-state index in [1.165, 1.54) is 12.2 Å². The number of esters is 2. The molecule has 0 aliphatic rings. The fraction of sp³-hybridized carbons (Fsp3) is 0.250. The Kier molecular flexibility index (Phi) is 9.16. The summed E-state index contributed by atoms with van der Waals surface area (Å²) in [4.78, 5) is 22.9. The first-order chi connectivity index (χ1) is 14.9. The molecule has 0 heterocycles. The van der Waals surface area contributed by atoms with Crippen LogP contribution in [-0.2, 0) is 19.1 Å². The number of nitrogens with one attached hydrogen (secondary N) is 2. The van der Waals surface area contributed by atoms with Gasteiger partial charge in [0.05, 0.1) is 13.2 Å². The van der Waals surface area contributed by atoms with Gasteiger partial charge in [-0.3, -0.25) is 0 Å². The molecule has 0 aliphatic carbocycles. The highest BCUT2D eigenvalue weighted by molar-refractivity contribution is 5.83. The van der Waals surface area contributed by atoms with Gasteiger partial charge in [-0.2, -0.15) is 0 Å². The lowest BCUT2D eigenvalue weighted by Crippen LogP contribution is -2.04. The molecule has 164 valence electrons. The molecule has 0 bridgehead atoms. The number of benzene rings is 2. The molecule has 0 fully saturated rings. The second kappa shape index (κ2) is 12.1. The molecule has 2 N–H and O–H groups in total. The molecule has 0 atom stereocenters. The van der Waals surface area contributed by atoms with Crippen molar-refractivity contribution in [2.45, 2.75) is 27.7 Å². The summed E-state index contributed by atoms with van der Waals surface area (Å²) in [5.74, 6) is 0.599. The highest BCUT2D eigenvalue weighted by Crippen LogP contribution is 2.25. The molecule has 0 amide bonds. The highest BCUT2D eigenvalue weighted by Gasteiger charge is 2.03. The lowest BCUT2D eigenvalue weighted by Gasteiger charge is -2.10. The standard InChI is InChI=1S/C24H28N2O5/c1-5-29-23(27)15-17(3)25-19-7-11-21(12-8-19)31-22-13-9-20(10-14-22)26-18(4)16-24(28)30-6-2/h7-16,25-26H,5-6H2,1-4H3/b17-15-,18-16+. The van der Waals surface area contributed by atoms with E-state index in [9.17, 15) is 9.59 Å². The summed E-state index contributed by atoms with van der Waals surface area (Å²) in [6.45, 7) is 7.80. The van der Waals surface area contributed by atoms with Crippen molar-refractivity contribution in [2.75, 3.05) is 23.8 Å². The van der Waals surface area contributed by atoms with Gasteiger partial charge in [-0.25, -0.2) is 9.59 Å². The van der Waals surface area contributed by atoms with Crippen molar-refractivity contribution in [3.63, 3.8) is 0 Å². The van der Waals surface area contributed by atoms with Crippen LogP contribution >= 0.6 is 0 Å². The number of hydrogen-bond donors (Lipinski definition) is 2. The third-order valence-corrected chi connectivity index (χ3v) is 3.87. The molecule has 2 aromatic carbocycles. The first-order valence-electron chi connectivity index (χ1n) is 10.0. The first-order valence-corrected chi connectivity index (χ1v) is 10.0. The zero-order valence-corrected chi connectivity index (χ0v) is 18.2. The Balaban J connectivity index is 1.92. The molecule has 0 radical (unpaired) electrons. The Morgan fingerprint density at radius 1 is 0.710 bits per heavy atom. The summed E-state index contributed by atoms with van der Waals surface area (Å²) in [5.41, 5.74) is 3.02. The number of hydrogen-bond acceptors (Lipinski definition) is 7. The minimum atomic E-state index is -0.378. The van der Waals surface area contributed by atoms with Crippen LogP contribution in [-0.4, -0.2) is 25.2 Å². The van der Waals surface area contributed by atoms with E-state index in [-0.39, 0.29) is 11.9 Å². The second-order valence-corrected chi connectivity index (χ2v) is 6.56. The minimum absolute atomic E-state index is 0.343. The Labute approximate surface area is 182 Å². The van der Waals surface area contributed by atoms with E-state index in [0.717, 1.165) is 11.4 Å². The van der Waals surface area contributed by atoms with Crippen molar-refractivity contribution in [3.05, 3.63) is 72.1 Å². The maximum Gasteiger partial charge on any atom is 0.332 e. The van der Waals surface area contributed by atoms with E-state index < -0.39 is 0 Å². The van der Waals surface area contributed by atoms with Crippen molar-refractivity contribution in [1.29, 1.82) is 0 Å². The largest absolute Gasteiger partial charge is 0.463 e. The molecule has 2 aromatic rings. The van der Waals surface area contributed by atoms with Gasteiger partial charge in [0, 0.05) is 34.9 Å². The summed E-state index contributed by atoms with van der Waals surface area (Å²) < 4.78 is 15.6. The average molecular weight is 424 g/mol. The van der Waals surface area contributed by atoms with Crippen LogP contribution < -0.4 is 15.4 Å². The van der Waals surface area contributed by atoms with Crippen LogP contribution in [0, 0.1) is 0 Å². The minimum Gasteiger partial charge on any atom is -0.463 e. The molecule has 0 unspecified atom stereocenters. The maximum atomic E-state index is 11.5. The van der Waals surface area contributed by atoms with Gasteiger partial charge in [-0.15, -0.1) is 0 Å². The van der Waals surface area contributed by atoms with Crippen LogP contribution in [0.1, 0.15) is 27.7 Å². The first kappa shape index (κ1) is 23.5. The van der Waals surface area contributed by atoms with Gasteiger partial charge < -0.3 is 24.8 Å². The number of carbonyl (C=O) groups is 2. The normalized spacial score (nSPS) is 11.5. The molecule has 0 saturated carbocycles. The lowest BCUT2D eigenvalue weighted by molar-refractivity contribution is -0.138. The molecule has 0 aliphatic heterocycles. The van der Waals surface area contributed by atoms with Crippen LogP contribution in [0.3, 0.4) is 0 Å². The van der Waals surface area contributed by atoms with Crippen LogP contribution in [0.25, 0.3) is 0 Å². The van der Waals surface area contributed by atoms with E-state index >= 15 is 0 Å². The smallest absolute Gasteiger partial charge is 0.332 e. The quantitative estimate of drug-likeness (QED) is 0.399. The number of rotatable bonds is 10. The monoisotopic (exact) mass is 424 g/mol. The SMILES string of the molecule is CCOC(=O)/C=C(/C)Nc1ccc(Oc2ccc(N/C(C)=C/C(=O)OCC)cc2)cc1. The van der Waals surface area contributed by atoms with Gasteiger partial charge in [0.1, 0.15) is 11.5 Å². The fourth-order valence-electron chi connectivity index (χ4n) is 2.60. The Morgan fingerprint density at radius 3 is 1.39 bits per heavy atom. The summed E-state index contributed by atoms with van der Waals surface area (Å²) in [6.07, 6.45) is 2.82. The predicted molar refractivity (Wildman–Crippen MR) is 121 cm³/mol. The summed E-state index contributed by atoms with van der Waals surface area (Å²) >= 11 is 0. The zero-order chi connectivity index (χ0) is 22.6. The number of ether oxygens (including phenoxy) is 3. The van der Waals surface area contributed by atoms with Crippen LogP contribution in [0.5, 0.6) is 11.5 Å². The van der Waals surface area contributed by atoms with Crippen molar-refractivity contribution in [1.82, 2.24) is 0 Å². The predicted octanol–water partition coefficient (Wildman–Crippen LogP) is 5.24. The van der Waals surface area contributed by atoms with E-state index in [0.29, 0.717) is 36.1 Å². The van der Waals surface area contributed by atoms with Gasteiger partial charge in [0.25, 0.3) is 0 Å². The zero-order valence-electron chi connectivity index (χ0n) is 18.2. The van der Waals surface area contributed by atoms with Gasteiger partial charge in [0.15, 0.2) is 0 Å². The molecule has 0 aromatic heterocycles. The molecule has 0 spiro atoms. The van der Waals surface area contributed by atoms with Crippen molar-refractivity contribution in [2.24, 2.45) is 0 Å². The number of anilines is 2. The Morgan fingerprint density at radius 2 is 1.06 bits per heavy atom. The third-order valence-electron chi connectivity index (χ3n) is 3.87. The molecule has 7 heteroatoms. The van der Waals surface area contributed by atoms with E-state index in [4.69, 9.17) is 14.2 Å². The summed E-state index contributed by atoms with van der Waals surface area (Å²) in [5, 5.41) is 6.25. The van der Waals surface area contributed by atoms with Gasteiger partial charge >= 0.3 is 11.9 Å². The molecule has 31 heavy (non-hydrogen) atoms. The average Bonchev–Trinajstić information content (AvgIpc) is 2.71. The number of carbonyl (C=O) groups excluding carboxylic acids is 2. The van der Waals surface area contributed by atoms with Gasteiger partial charge in [0.2, 0.25) is 0 Å². The van der Waals surface area contributed by atoms with Gasteiger partial charge in [-0.05, 0) is 76.2 Å². The molecule has 2 rings (SSSR count). The summed E-state index contributed by atoms with van der Waals surface area (Å²) in [6, 6.07) is 14.8. The highest BCUT2D eigenvalue weighted by atomic mass is 16.5. The fourth-order valence-corrected chi connectivity index (χ4v) is 2.60. The van der Waals surface area contributed by atoms with Crippen molar-refractivity contribution >= 4 is 23.3 Å². The van der Waals surface area contributed by atoms with Crippen LogP contribution in [0.15, 0.2) is 72.1 Å². The molecule has 7 nitrogen and oxygen atoms in total. The van der Waals surface area contributed by atoms with E-state index in [1.807, 2.05) is 48.5 Å². The lowest BCUT2D eigenvalue weighted by atomic mass is 10.2. The Hall–Kier alpha value is -3.74. The topological polar surface area (TPSA) is 85.9 Å². The van der Waals surface area contributed by atoms with Crippen molar-refractivity contribution in [3.8, 4) is 11.5 Å². The Bertz CT molecular complexity index is 854. The molecular formula is C24H28N2O5. The van der Waals surface area contributed by atoms with Crippen LogP contribution in [0.2, 0.25) is 0 Å². The molecular weight excluding hydrogens is 396 g/mol. The molecule has 0 saturated heterocycles.